The van der Waals surface area contributed by atoms with Gasteiger partial charge in [-0.25, -0.2) is 8.42 Å². The van der Waals surface area contributed by atoms with E-state index in [0.29, 0.717) is 30.1 Å². The van der Waals surface area contributed by atoms with E-state index in [1.54, 1.807) is 36.0 Å². The molecule has 0 aliphatic carbocycles. The van der Waals surface area contributed by atoms with Crippen LogP contribution >= 0.6 is 11.8 Å². The van der Waals surface area contributed by atoms with Gasteiger partial charge in [0.05, 0.1) is 4.90 Å². The van der Waals surface area contributed by atoms with Crippen molar-refractivity contribution in [3.05, 3.63) is 59.7 Å². The Morgan fingerprint density at radius 1 is 1.19 bits per heavy atom. The fraction of sp³-hybridized carbons (Fsp3) is 0.263. The van der Waals surface area contributed by atoms with Gasteiger partial charge in [0.1, 0.15) is 5.84 Å². The van der Waals surface area contributed by atoms with Gasteiger partial charge in [-0.3, -0.25) is 14.5 Å². The Balaban J connectivity index is 1.72. The van der Waals surface area contributed by atoms with Gasteiger partial charge < -0.3 is 5.32 Å². The van der Waals surface area contributed by atoms with E-state index in [1.165, 1.54) is 12.1 Å². The molecular weight excluding hydrogens is 382 g/mol. The van der Waals surface area contributed by atoms with Gasteiger partial charge in [0.15, 0.2) is 0 Å². The van der Waals surface area contributed by atoms with Gasteiger partial charge in [0.2, 0.25) is 0 Å². The summed E-state index contributed by atoms with van der Waals surface area (Å²) < 4.78 is 27.5. The Kier molecular flexibility index (Phi) is 6.18. The number of carbonyl (C=O) groups is 1. The van der Waals surface area contributed by atoms with Crippen LogP contribution < -0.4 is 10.0 Å². The summed E-state index contributed by atoms with van der Waals surface area (Å²) in [5.74, 6) is 1.09. The Labute approximate surface area is 163 Å². The fourth-order valence-corrected chi connectivity index (χ4v) is 4.36. The average Bonchev–Trinajstić information content (AvgIpc) is 3.15. The van der Waals surface area contributed by atoms with Crippen LogP contribution in [0.25, 0.3) is 0 Å². The van der Waals surface area contributed by atoms with Crippen molar-refractivity contribution in [2.45, 2.75) is 23.5 Å². The summed E-state index contributed by atoms with van der Waals surface area (Å²) in [4.78, 5) is 16.6. The molecule has 0 spiro atoms. The van der Waals surface area contributed by atoms with Crippen LogP contribution in [0.5, 0.6) is 0 Å². The van der Waals surface area contributed by atoms with E-state index in [-0.39, 0.29) is 10.8 Å². The second-order valence-corrected chi connectivity index (χ2v) is 8.70. The molecule has 142 valence electrons. The van der Waals surface area contributed by atoms with Gasteiger partial charge in [-0.1, -0.05) is 18.2 Å². The maximum Gasteiger partial charge on any atom is 0.262 e. The largest absolute Gasteiger partial charge is 0.322 e. The van der Waals surface area contributed by atoms with Crippen molar-refractivity contribution in [3.63, 3.8) is 0 Å². The fourth-order valence-electron chi connectivity index (χ4n) is 2.70. The quantitative estimate of drug-likeness (QED) is 0.775. The van der Waals surface area contributed by atoms with Gasteiger partial charge in [0, 0.05) is 30.0 Å². The van der Waals surface area contributed by atoms with Crippen molar-refractivity contribution in [1.82, 2.24) is 4.72 Å². The number of rotatable bonds is 6. The lowest BCUT2D eigenvalue weighted by Crippen LogP contribution is -2.29. The third-order valence-corrected chi connectivity index (χ3v) is 6.06. The molecule has 0 bridgehead atoms. The first-order valence-electron chi connectivity index (χ1n) is 8.53. The van der Waals surface area contributed by atoms with Crippen molar-refractivity contribution in [1.29, 1.82) is 0 Å². The molecule has 1 aliphatic rings. The van der Waals surface area contributed by atoms with Gasteiger partial charge >= 0.3 is 0 Å². The Hall–Kier alpha value is -2.32. The number of amidine groups is 1. The zero-order valence-electron chi connectivity index (χ0n) is 14.9. The second-order valence-electron chi connectivity index (χ2n) is 6.15. The highest BCUT2D eigenvalue weighted by Gasteiger charge is 2.19. The molecule has 0 atom stereocenters. The molecule has 0 saturated heterocycles. The number of nitrogens with one attached hydrogen (secondary N) is 2. The normalized spacial score (nSPS) is 13.9. The summed E-state index contributed by atoms with van der Waals surface area (Å²) in [5.41, 5.74) is 2.09. The van der Waals surface area contributed by atoms with Crippen LogP contribution in [0.4, 0.5) is 5.69 Å². The van der Waals surface area contributed by atoms with Crippen LogP contribution in [0.15, 0.2) is 58.4 Å². The first kappa shape index (κ1) is 19.4. The number of sulfonamides is 1. The standard InChI is InChI=1S/C19H21N3O3S2/c1-26-13-14-7-9-15(10-8-14)19(23)21-16-4-2-5-17(12-16)27(24,25)22-18-6-3-11-20-18/h2,4-5,7-10,12H,3,6,11,13H2,1H3,(H,20,22)(H,21,23). The number of aliphatic imine (C=N–C) groups is 1. The van der Waals surface area contributed by atoms with Crippen LogP contribution in [-0.2, 0) is 15.8 Å². The average molecular weight is 404 g/mol. The maximum absolute atomic E-state index is 12.5. The van der Waals surface area contributed by atoms with Crippen molar-refractivity contribution < 1.29 is 13.2 Å². The minimum Gasteiger partial charge on any atom is -0.322 e. The second kappa shape index (κ2) is 8.58. The third-order valence-electron chi connectivity index (χ3n) is 4.06. The lowest BCUT2D eigenvalue weighted by molar-refractivity contribution is 0.102. The van der Waals surface area contributed by atoms with Crippen LogP contribution in [0, 0.1) is 0 Å². The van der Waals surface area contributed by atoms with Gasteiger partial charge in [0.25, 0.3) is 15.9 Å². The lowest BCUT2D eigenvalue weighted by atomic mass is 10.1. The SMILES string of the molecule is CSCc1ccc(C(=O)Nc2cccc(S(=O)(=O)NC3=NCCC3)c2)cc1. The molecule has 6 nitrogen and oxygen atoms in total. The summed E-state index contributed by atoms with van der Waals surface area (Å²) in [6.07, 6.45) is 3.50. The van der Waals surface area contributed by atoms with Crippen LogP contribution in [0.3, 0.4) is 0 Å². The molecule has 0 fully saturated rings. The number of benzene rings is 2. The van der Waals surface area contributed by atoms with Crippen molar-refractivity contribution in [2.24, 2.45) is 4.99 Å². The first-order valence-corrected chi connectivity index (χ1v) is 11.4. The Morgan fingerprint density at radius 3 is 2.63 bits per heavy atom. The lowest BCUT2D eigenvalue weighted by Gasteiger charge is -2.10. The summed E-state index contributed by atoms with van der Waals surface area (Å²) >= 11 is 1.71. The molecule has 8 heteroatoms. The number of hydrogen-bond donors (Lipinski definition) is 2. The van der Waals surface area contributed by atoms with Gasteiger partial charge in [-0.05, 0) is 48.6 Å². The minimum absolute atomic E-state index is 0.0882. The summed E-state index contributed by atoms with van der Waals surface area (Å²) in [7, 11) is -3.71. The predicted octanol–water partition coefficient (Wildman–Crippen LogP) is 3.27. The molecule has 2 N–H and O–H groups in total. The molecule has 0 unspecified atom stereocenters. The van der Waals surface area contributed by atoms with Gasteiger partial charge in [-0.2, -0.15) is 11.8 Å². The smallest absolute Gasteiger partial charge is 0.262 e. The van der Waals surface area contributed by atoms with E-state index in [0.717, 1.165) is 17.7 Å². The van der Waals surface area contributed by atoms with Crippen LogP contribution in [-0.4, -0.2) is 33.0 Å². The van der Waals surface area contributed by atoms with E-state index >= 15 is 0 Å². The first-order chi connectivity index (χ1) is 13.0. The van der Waals surface area contributed by atoms with E-state index in [4.69, 9.17) is 0 Å². The third kappa shape index (κ3) is 5.11. The molecule has 1 aliphatic heterocycles. The molecule has 3 rings (SSSR count). The molecule has 2 aromatic rings. The molecule has 0 aromatic heterocycles. The molecular formula is C19H21N3O3S2. The molecule has 1 heterocycles. The summed E-state index contributed by atoms with van der Waals surface area (Å²) in [6, 6.07) is 13.6. The number of amides is 1. The Morgan fingerprint density at radius 2 is 1.96 bits per heavy atom. The predicted molar refractivity (Wildman–Crippen MR) is 110 cm³/mol. The van der Waals surface area contributed by atoms with Crippen LogP contribution in [0.2, 0.25) is 0 Å². The van der Waals surface area contributed by atoms with Crippen molar-refractivity contribution in [2.75, 3.05) is 18.1 Å². The van der Waals surface area contributed by atoms with E-state index in [1.807, 2.05) is 18.4 Å². The van der Waals surface area contributed by atoms with E-state index in [2.05, 4.69) is 15.0 Å². The Bertz CT molecular complexity index is 954. The molecule has 0 saturated carbocycles. The van der Waals surface area contributed by atoms with E-state index in [9.17, 15) is 13.2 Å². The number of anilines is 1. The summed E-state index contributed by atoms with van der Waals surface area (Å²) in [6.45, 7) is 0.643. The molecule has 2 aromatic carbocycles. The molecule has 27 heavy (non-hydrogen) atoms. The highest BCUT2D eigenvalue weighted by molar-refractivity contribution is 7.97. The zero-order chi connectivity index (χ0) is 19.3. The number of hydrogen-bond acceptors (Lipinski definition) is 5. The number of thioether (sulfide) groups is 1. The van der Waals surface area contributed by atoms with Crippen molar-refractivity contribution in [3.8, 4) is 0 Å². The highest BCUT2D eigenvalue weighted by atomic mass is 32.2. The zero-order valence-corrected chi connectivity index (χ0v) is 16.6. The van der Waals surface area contributed by atoms with Crippen LogP contribution in [0.1, 0.15) is 28.8 Å². The highest BCUT2D eigenvalue weighted by Crippen LogP contribution is 2.18. The topological polar surface area (TPSA) is 87.6 Å². The molecule has 0 radical (unpaired) electrons. The number of nitrogens with zero attached hydrogens (tertiary/aromatic N) is 1. The minimum atomic E-state index is -3.71. The van der Waals surface area contributed by atoms with E-state index < -0.39 is 10.0 Å². The maximum atomic E-state index is 12.5. The summed E-state index contributed by atoms with van der Waals surface area (Å²) in [5, 5.41) is 2.75. The monoisotopic (exact) mass is 403 g/mol. The van der Waals surface area contributed by atoms with Gasteiger partial charge in [-0.15, -0.1) is 0 Å². The molecule has 1 amide bonds. The number of carbonyl (C=O) groups excluding carboxylic acids is 1. The van der Waals surface area contributed by atoms with Crippen molar-refractivity contribution >= 4 is 39.2 Å².